The molecule has 5 nitrogen and oxygen atoms in total. The fourth-order valence-corrected chi connectivity index (χ4v) is 4.47. The lowest BCUT2D eigenvalue weighted by atomic mass is 9.37. The first-order valence-electron chi connectivity index (χ1n) is 8.54. The van der Waals surface area contributed by atoms with Crippen molar-refractivity contribution >= 4 is 5.91 Å². The average molecular weight is 319 g/mol. The Morgan fingerprint density at radius 2 is 2.00 bits per heavy atom. The van der Waals surface area contributed by atoms with Crippen LogP contribution in [0.4, 0.5) is 0 Å². The molecular formula is C18H29N3O2. The normalized spacial score (nSPS) is 28.9. The maximum absolute atomic E-state index is 12.2. The standard InChI is InChI=1S/C18H29N3O2/c1-16(2,3)20-18-10-17(11-18,12-18)13-8-14(21(4)9-13)15(23)19-6-5-7-22/h8-9,20,22H,5-7,10-12H2,1-4H3,(H,19,23). The number of nitrogens with zero attached hydrogens (tertiary/aromatic N) is 1. The van der Waals surface area contributed by atoms with E-state index in [1.807, 2.05) is 11.6 Å². The minimum atomic E-state index is -0.0543. The van der Waals surface area contributed by atoms with Gasteiger partial charge in [-0.25, -0.2) is 0 Å². The van der Waals surface area contributed by atoms with Gasteiger partial charge in [-0.05, 0) is 58.1 Å². The molecule has 128 valence electrons. The highest BCUT2D eigenvalue weighted by Gasteiger charge is 2.69. The molecular weight excluding hydrogens is 290 g/mol. The molecule has 3 saturated carbocycles. The molecule has 3 fully saturated rings. The molecule has 3 N–H and O–H groups in total. The minimum Gasteiger partial charge on any atom is -0.396 e. The number of aliphatic hydroxyl groups is 1. The lowest BCUT2D eigenvalue weighted by molar-refractivity contribution is -0.102. The molecule has 0 aromatic carbocycles. The molecule has 1 aromatic heterocycles. The molecule has 23 heavy (non-hydrogen) atoms. The van der Waals surface area contributed by atoms with E-state index in [-0.39, 0.29) is 23.5 Å². The summed E-state index contributed by atoms with van der Waals surface area (Å²) < 4.78 is 1.92. The molecule has 5 heteroatoms. The Labute approximate surface area is 138 Å². The Morgan fingerprint density at radius 3 is 2.57 bits per heavy atom. The van der Waals surface area contributed by atoms with Gasteiger partial charge in [-0.2, -0.15) is 0 Å². The van der Waals surface area contributed by atoms with Crippen LogP contribution in [0.15, 0.2) is 12.3 Å². The van der Waals surface area contributed by atoms with Crippen molar-refractivity contribution in [3.63, 3.8) is 0 Å². The molecule has 0 atom stereocenters. The lowest BCUT2D eigenvalue weighted by Crippen LogP contribution is -2.78. The summed E-state index contributed by atoms with van der Waals surface area (Å²) in [6.07, 6.45) is 6.22. The van der Waals surface area contributed by atoms with E-state index < -0.39 is 0 Å². The summed E-state index contributed by atoms with van der Waals surface area (Å²) in [7, 11) is 1.93. The van der Waals surface area contributed by atoms with Crippen molar-refractivity contribution in [1.82, 2.24) is 15.2 Å². The van der Waals surface area contributed by atoms with Gasteiger partial charge in [0.05, 0.1) is 0 Å². The van der Waals surface area contributed by atoms with Gasteiger partial charge in [0.25, 0.3) is 5.91 Å². The summed E-state index contributed by atoms with van der Waals surface area (Å²) in [5.41, 5.74) is 2.75. The molecule has 0 radical (unpaired) electrons. The summed E-state index contributed by atoms with van der Waals surface area (Å²) in [6.45, 7) is 7.27. The number of carbonyl (C=O) groups is 1. The molecule has 1 amide bonds. The van der Waals surface area contributed by atoms with E-state index in [0.717, 1.165) is 0 Å². The van der Waals surface area contributed by atoms with E-state index in [9.17, 15) is 4.79 Å². The van der Waals surface area contributed by atoms with Crippen molar-refractivity contribution < 1.29 is 9.90 Å². The van der Waals surface area contributed by atoms with Crippen molar-refractivity contribution in [1.29, 1.82) is 0 Å². The molecule has 2 bridgehead atoms. The van der Waals surface area contributed by atoms with Gasteiger partial charge in [-0.1, -0.05) is 0 Å². The maximum atomic E-state index is 12.2. The van der Waals surface area contributed by atoms with Gasteiger partial charge in [-0.3, -0.25) is 4.79 Å². The van der Waals surface area contributed by atoms with E-state index in [0.29, 0.717) is 24.2 Å². The molecule has 3 aliphatic carbocycles. The number of aromatic nitrogens is 1. The Bertz CT molecular complexity index is 592. The molecule has 0 aliphatic heterocycles. The number of rotatable bonds is 6. The van der Waals surface area contributed by atoms with Crippen molar-refractivity contribution in [2.24, 2.45) is 7.05 Å². The van der Waals surface area contributed by atoms with Crippen LogP contribution in [0.25, 0.3) is 0 Å². The lowest BCUT2D eigenvalue weighted by Gasteiger charge is -2.72. The molecule has 0 saturated heterocycles. The Kier molecular flexibility index (Phi) is 3.84. The maximum Gasteiger partial charge on any atom is 0.267 e. The van der Waals surface area contributed by atoms with E-state index in [2.05, 4.69) is 43.7 Å². The van der Waals surface area contributed by atoms with Crippen LogP contribution in [0.3, 0.4) is 0 Å². The van der Waals surface area contributed by atoms with Crippen LogP contribution in [0, 0.1) is 0 Å². The second kappa shape index (κ2) is 5.35. The number of amides is 1. The molecule has 0 unspecified atom stereocenters. The van der Waals surface area contributed by atoms with Gasteiger partial charge in [0, 0.05) is 42.9 Å². The van der Waals surface area contributed by atoms with Crippen LogP contribution in [0.1, 0.15) is 62.5 Å². The van der Waals surface area contributed by atoms with Gasteiger partial charge in [0.1, 0.15) is 5.69 Å². The average Bonchev–Trinajstić information content (AvgIpc) is 2.73. The van der Waals surface area contributed by atoms with E-state index in [1.54, 1.807) is 0 Å². The molecule has 0 spiro atoms. The predicted molar refractivity (Wildman–Crippen MR) is 90.6 cm³/mol. The Hall–Kier alpha value is -1.33. The SMILES string of the molecule is Cn1cc(C23CC(NC(C)(C)C)(C2)C3)cc1C(=O)NCCCO. The van der Waals surface area contributed by atoms with E-state index >= 15 is 0 Å². The predicted octanol–water partition coefficient (Wildman–Crippen LogP) is 1.70. The van der Waals surface area contributed by atoms with Crippen LogP contribution in [0.5, 0.6) is 0 Å². The highest BCUT2D eigenvalue weighted by molar-refractivity contribution is 5.93. The zero-order valence-electron chi connectivity index (χ0n) is 14.7. The van der Waals surface area contributed by atoms with E-state index in [1.165, 1.54) is 24.8 Å². The monoisotopic (exact) mass is 319 g/mol. The van der Waals surface area contributed by atoms with Crippen molar-refractivity contribution in [3.05, 3.63) is 23.5 Å². The number of carbonyl (C=O) groups excluding carboxylic acids is 1. The number of hydrogen-bond acceptors (Lipinski definition) is 3. The highest BCUT2D eigenvalue weighted by Crippen LogP contribution is 2.68. The van der Waals surface area contributed by atoms with Gasteiger partial charge in [0.2, 0.25) is 0 Å². The first-order chi connectivity index (χ1) is 10.7. The summed E-state index contributed by atoms with van der Waals surface area (Å²) in [4.78, 5) is 12.2. The zero-order valence-corrected chi connectivity index (χ0v) is 14.7. The number of aliphatic hydroxyl groups excluding tert-OH is 1. The Balaban J connectivity index is 1.64. The highest BCUT2D eigenvalue weighted by atomic mass is 16.3. The Morgan fingerprint density at radius 1 is 1.35 bits per heavy atom. The summed E-state index contributed by atoms with van der Waals surface area (Å²) in [6, 6.07) is 2.05. The summed E-state index contributed by atoms with van der Waals surface area (Å²) in [5, 5.41) is 15.4. The molecule has 4 rings (SSSR count). The fraction of sp³-hybridized carbons (Fsp3) is 0.722. The van der Waals surface area contributed by atoms with Crippen LogP contribution in [-0.2, 0) is 12.5 Å². The van der Waals surface area contributed by atoms with Crippen LogP contribution in [0.2, 0.25) is 0 Å². The van der Waals surface area contributed by atoms with Crippen molar-refractivity contribution in [3.8, 4) is 0 Å². The van der Waals surface area contributed by atoms with Gasteiger partial charge in [-0.15, -0.1) is 0 Å². The smallest absolute Gasteiger partial charge is 0.267 e. The second-order valence-electron chi connectivity index (χ2n) is 8.52. The van der Waals surface area contributed by atoms with Crippen molar-refractivity contribution in [2.75, 3.05) is 13.2 Å². The fourth-order valence-electron chi connectivity index (χ4n) is 4.47. The molecule has 1 aromatic rings. The number of nitrogens with one attached hydrogen (secondary N) is 2. The van der Waals surface area contributed by atoms with Gasteiger partial charge in [0.15, 0.2) is 0 Å². The summed E-state index contributed by atoms with van der Waals surface area (Å²) in [5.74, 6) is -0.0543. The van der Waals surface area contributed by atoms with Gasteiger partial charge < -0.3 is 20.3 Å². The van der Waals surface area contributed by atoms with E-state index in [4.69, 9.17) is 5.11 Å². The van der Waals surface area contributed by atoms with Crippen LogP contribution < -0.4 is 10.6 Å². The molecule has 1 heterocycles. The topological polar surface area (TPSA) is 66.3 Å². The third-order valence-corrected chi connectivity index (χ3v) is 5.14. The quantitative estimate of drug-likeness (QED) is 0.699. The van der Waals surface area contributed by atoms with Crippen LogP contribution in [-0.4, -0.2) is 39.8 Å². The van der Waals surface area contributed by atoms with Crippen molar-refractivity contribution in [2.45, 2.75) is 62.9 Å². The first-order valence-corrected chi connectivity index (χ1v) is 8.54. The van der Waals surface area contributed by atoms with Crippen LogP contribution >= 0.6 is 0 Å². The largest absolute Gasteiger partial charge is 0.396 e. The first kappa shape index (κ1) is 16.5. The number of hydrogen-bond donors (Lipinski definition) is 3. The third-order valence-electron chi connectivity index (χ3n) is 5.14. The second-order valence-corrected chi connectivity index (χ2v) is 8.52. The van der Waals surface area contributed by atoms with Gasteiger partial charge >= 0.3 is 0 Å². The third kappa shape index (κ3) is 2.92. The zero-order chi connectivity index (χ0) is 16.9. The summed E-state index contributed by atoms with van der Waals surface area (Å²) >= 11 is 0. The molecule has 3 aliphatic rings. The number of aryl methyl sites for hydroxylation is 1. The minimum absolute atomic E-state index is 0.0543.